The SMILES string of the molecule is CCCC(C)(O)CNC(=O)c1cc(F)cc(F)c1. The summed E-state index contributed by atoms with van der Waals surface area (Å²) >= 11 is 0. The van der Waals surface area contributed by atoms with Crippen LogP contribution in [0.4, 0.5) is 8.78 Å². The monoisotopic (exact) mass is 257 g/mol. The van der Waals surface area contributed by atoms with Crippen molar-refractivity contribution in [2.75, 3.05) is 6.54 Å². The Hall–Kier alpha value is -1.49. The number of hydrogen-bond donors (Lipinski definition) is 2. The van der Waals surface area contributed by atoms with E-state index in [0.717, 1.165) is 18.6 Å². The Balaban J connectivity index is 2.66. The number of rotatable bonds is 5. The number of nitrogens with one attached hydrogen (secondary N) is 1. The van der Waals surface area contributed by atoms with Crippen LogP contribution in [0.5, 0.6) is 0 Å². The summed E-state index contributed by atoms with van der Waals surface area (Å²) in [6.45, 7) is 3.55. The quantitative estimate of drug-likeness (QED) is 0.850. The second-order valence-corrected chi connectivity index (χ2v) is 4.59. The highest BCUT2D eigenvalue weighted by Gasteiger charge is 2.20. The fourth-order valence-electron chi connectivity index (χ4n) is 1.68. The zero-order valence-electron chi connectivity index (χ0n) is 10.5. The van der Waals surface area contributed by atoms with Crippen LogP contribution in [0, 0.1) is 11.6 Å². The van der Waals surface area contributed by atoms with Crippen LogP contribution in [0.2, 0.25) is 0 Å². The van der Waals surface area contributed by atoms with Gasteiger partial charge >= 0.3 is 0 Å². The number of hydrogen-bond acceptors (Lipinski definition) is 2. The third kappa shape index (κ3) is 4.41. The van der Waals surface area contributed by atoms with Crippen LogP contribution in [0.3, 0.4) is 0 Å². The summed E-state index contributed by atoms with van der Waals surface area (Å²) in [5, 5.41) is 12.3. The maximum atomic E-state index is 12.9. The normalized spacial score (nSPS) is 14.1. The molecule has 0 aromatic heterocycles. The fourth-order valence-corrected chi connectivity index (χ4v) is 1.68. The van der Waals surface area contributed by atoms with E-state index in [2.05, 4.69) is 5.32 Å². The fraction of sp³-hybridized carbons (Fsp3) is 0.462. The number of aliphatic hydroxyl groups is 1. The van der Waals surface area contributed by atoms with E-state index in [-0.39, 0.29) is 12.1 Å². The highest BCUT2D eigenvalue weighted by atomic mass is 19.1. The molecule has 0 radical (unpaired) electrons. The Morgan fingerprint density at radius 1 is 1.33 bits per heavy atom. The van der Waals surface area contributed by atoms with Crippen LogP contribution in [-0.4, -0.2) is 23.2 Å². The van der Waals surface area contributed by atoms with E-state index < -0.39 is 23.1 Å². The summed E-state index contributed by atoms with van der Waals surface area (Å²) in [6.07, 6.45) is 1.31. The third-order valence-electron chi connectivity index (χ3n) is 2.54. The van der Waals surface area contributed by atoms with E-state index in [9.17, 15) is 18.7 Å². The molecule has 5 heteroatoms. The Morgan fingerprint density at radius 3 is 2.39 bits per heavy atom. The van der Waals surface area contributed by atoms with Gasteiger partial charge in [-0.15, -0.1) is 0 Å². The molecule has 3 nitrogen and oxygen atoms in total. The highest BCUT2D eigenvalue weighted by molar-refractivity contribution is 5.94. The minimum atomic E-state index is -1.02. The molecular weight excluding hydrogens is 240 g/mol. The van der Waals surface area contributed by atoms with Crippen molar-refractivity contribution in [2.45, 2.75) is 32.3 Å². The molecule has 100 valence electrons. The van der Waals surface area contributed by atoms with Gasteiger partial charge < -0.3 is 10.4 Å². The first-order chi connectivity index (χ1) is 8.34. The van der Waals surface area contributed by atoms with Gasteiger partial charge in [-0.1, -0.05) is 13.3 Å². The third-order valence-corrected chi connectivity index (χ3v) is 2.54. The van der Waals surface area contributed by atoms with E-state index in [1.54, 1.807) is 6.92 Å². The summed E-state index contributed by atoms with van der Waals surface area (Å²) in [7, 11) is 0. The molecule has 0 aliphatic carbocycles. The first-order valence-electron chi connectivity index (χ1n) is 5.81. The molecule has 1 aromatic rings. The predicted molar refractivity (Wildman–Crippen MR) is 64.2 cm³/mol. The second-order valence-electron chi connectivity index (χ2n) is 4.59. The summed E-state index contributed by atoms with van der Waals surface area (Å²) in [6, 6.07) is 2.60. The highest BCUT2D eigenvalue weighted by Crippen LogP contribution is 2.11. The lowest BCUT2D eigenvalue weighted by Gasteiger charge is -2.22. The zero-order chi connectivity index (χ0) is 13.8. The second kappa shape index (κ2) is 5.91. The van der Waals surface area contributed by atoms with Gasteiger partial charge in [-0.25, -0.2) is 8.78 Å². The topological polar surface area (TPSA) is 49.3 Å². The molecule has 0 spiro atoms. The molecule has 0 aliphatic rings. The number of halogens is 2. The lowest BCUT2D eigenvalue weighted by molar-refractivity contribution is 0.0469. The van der Waals surface area contributed by atoms with Crippen LogP contribution in [0.15, 0.2) is 18.2 Å². The van der Waals surface area contributed by atoms with Crippen molar-refractivity contribution in [2.24, 2.45) is 0 Å². The molecule has 0 bridgehead atoms. The lowest BCUT2D eigenvalue weighted by atomic mass is 10.0. The number of carbonyl (C=O) groups is 1. The molecule has 1 amide bonds. The van der Waals surface area contributed by atoms with E-state index in [1.807, 2.05) is 6.92 Å². The Kier molecular flexibility index (Phi) is 4.78. The van der Waals surface area contributed by atoms with Crippen molar-refractivity contribution >= 4 is 5.91 Å². The van der Waals surface area contributed by atoms with Gasteiger partial charge in [0.25, 0.3) is 5.91 Å². The van der Waals surface area contributed by atoms with Crippen LogP contribution < -0.4 is 5.32 Å². The van der Waals surface area contributed by atoms with Crippen LogP contribution in [0.1, 0.15) is 37.0 Å². The first-order valence-corrected chi connectivity index (χ1v) is 5.81. The first kappa shape index (κ1) is 14.6. The van der Waals surface area contributed by atoms with Crippen LogP contribution in [-0.2, 0) is 0 Å². The van der Waals surface area contributed by atoms with Crippen molar-refractivity contribution in [1.29, 1.82) is 0 Å². The summed E-state index contributed by atoms with van der Waals surface area (Å²) in [5.41, 5.74) is -1.11. The Labute approximate surface area is 105 Å². The minimum absolute atomic E-state index is 0.0395. The van der Waals surface area contributed by atoms with E-state index in [0.29, 0.717) is 12.5 Å². The summed E-state index contributed by atoms with van der Waals surface area (Å²) < 4.78 is 25.8. The van der Waals surface area contributed by atoms with Gasteiger partial charge in [0.2, 0.25) is 0 Å². The number of amides is 1. The maximum absolute atomic E-state index is 12.9. The number of carbonyl (C=O) groups excluding carboxylic acids is 1. The van der Waals surface area contributed by atoms with Gasteiger partial charge in [-0.05, 0) is 25.5 Å². The molecule has 0 fully saturated rings. The van der Waals surface area contributed by atoms with E-state index in [1.165, 1.54) is 0 Å². The molecule has 18 heavy (non-hydrogen) atoms. The van der Waals surface area contributed by atoms with Crippen molar-refractivity contribution in [3.63, 3.8) is 0 Å². The van der Waals surface area contributed by atoms with Crippen molar-refractivity contribution in [3.8, 4) is 0 Å². The van der Waals surface area contributed by atoms with Gasteiger partial charge in [0, 0.05) is 18.2 Å². The molecule has 2 N–H and O–H groups in total. The Morgan fingerprint density at radius 2 is 1.89 bits per heavy atom. The molecule has 1 unspecified atom stereocenters. The lowest BCUT2D eigenvalue weighted by Crippen LogP contribution is -2.40. The van der Waals surface area contributed by atoms with Gasteiger partial charge in [-0.2, -0.15) is 0 Å². The molecule has 1 atom stereocenters. The molecule has 0 saturated heterocycles. The van der Waals surface area contributed by atoms with Gasteiger partial charge in [0.1, 0.15) is 11.6 Å². The van der Waals surface area contributed by atoms with Crippen molar-refractivity contribution < 1.29 is 18.7 Å². The predicted octanol–water partition coefficient (Wildman–Crippen LogP) is 2.25. The summed E-state index contributed by atoms with van der Waals surface area (Å²) in [5.74, 6) is -2.22. The van der Waals surface area contributed by atoms with Gasteiger partial charge in [-0.3, -0.25) is 4.79 Å². The van der Waals surface area contributed by atoms with E-state index >= 15 is 0 Å². The molecule has 1 aromatic carbocycles. The van der Waals surface area contributed by atoms with Gasteiger partial charge in [0.15, 0.2) is 0 Å². The molecule has 0 aliphatic heterocycles. The largest absolute Gasteiger partial charge is 0.388 e. The molecule has 0 heterocycles. The smallest absolute Gasteiger partial charge is 0.251 e. The number of benzene rings is 1. The minimum Gasteiger partial charge on any atom is -0.388 e. The van der Waals surface area contributed by atoms with Crippen molar-refractivity contribution in [1.82, 2.24) is 5.32 Å². The zero-order valence-corrected chi connectivity index (χ0v) is 10.5. The standard InChI is InChI=1S/C13H17F2NO2/c1-3-4-13(2,18)8-16-12(17)9-5-10(14)7-11(15)6-9/h5-7,18H,3-4,8H2,1-2H3,(H,16,17). The average Bonchev–Trinajstić information content (AvgIpc) is 2.24. The van der Waals surface area contributed by atoms with Crippen LogP contribution in [0.25, 0.3) is 0 Å². The molecule has 0 saturated carbocycles. The maximum Gasteiger partial charge on any atom is 0.251 e. The van der Waals surface area contributed by atoms with Crippen LogP contribution >= 0.6 is 0 Å². The van der Waals surface area contributed by atoms with Crippen molar-refractivity contribution in [3.05, 3.63) is 35.4 Å². The molecular formula is C13H17F2NO2. The molecule has 1 rings (SSSR count). The Bertz CT molecular complexity index is 413. The van der Waals surface area contributed by atoms with E-state index in [4.69, 9.17) is 0 Å². The van der Waals surface area contributed by atoms with Gasteiger partial charge in [0.05, 0.1) is 5.60 Å². The average molecular weight is 257 g/mol. The summed E-state index contributed by atoms with van der Waals surface area (Å²) in [4.78, 5) is 11.6.